The Labute approximate surface area is 196 Å². The molecular formula is C24H25ClF2N6. The summed E-state index contributed by atoms with van der Waals surface area (Å²) in [5, 5.41) is 9.84. The van der Waals surface area contributed by atoms with Crippen LogP contribution < -0.4 is 4.90 Å². The Morgan fingerprint density at radius 3 is 2.61 bits per heavy atom. The molecule has 3 aromatic rings. The van der Waals surface area contributed by atoms with Crippen molar-refractivity contribution in [1.82, 2.24) is 24.6 Å². The maximum Gasteiger partial charge on any atom is 0.151 e. The molecule has 2 aromatic heterocycles. The van der Waals surface area contributed by atoms with Gasteiger partial charge in [-0.25, -0.2) is 13.8 Å². The van der Waals surface area contributed by atoms with Gasteiger partial charge in [-0.2, -0.15) is 0 Å². The highest BCUT2D eigenvalue weighted by molar-refractivity contribution is 6.30. The van der Waals surface area contributed by atoms with Gasteiger partial charge in [0.1, 0.15) is 23.1 Å². The molecule has 3 aliphatic rings. The van der Waals surface area contributed by atoms with Crippen molar-refractivity contribution in [2.24, 2.45) is 0 Å². The van der Waals surface area contributed by atoms with Crippen LogP contribution in [0.3, 0.4) is 0 Å². The van der Waals surface area contributed by atoms with Gasteiger partial charge in [-0.3, -0.25) is 9.47 Å². The number of pyridine rings is 1. The van der Waals surface area contributed by atoms with Crippen LogP contribution in [0.2, 0.25) is 5.02 Å². The molecule has 1 aromatic carbocycles. The Bertz CT molecular complexity index is 1170. The standard InChI is InChI=1S/C24H25ClF2N6/c25-18-1-3-20-17(11-18)13-31(15-24(27)7-8-24)14-22-29-30-23(33(20)22)16-5-9-32(10-6-16)21-4-2-19(26)12-28-21/h1-4,11-12,16H,5-10,13-15H2. The van der Waals surface area contributed by atoms with Crippen molar-refractivity contribution in [2.45, 2.75) is 50.4 Å². The largest absolute Gasteiger partial charge is 0.357 e. The van der Waals surface area contributed by atoms with Gasteiger partial charge in [0.05, 0.1) is 18.4 Å². The fourth-order valence-corrected chi connectivity index (χ4v) is 5.28. The minimum atomic E-state index is -1.07. The van der Waals surface area contributed by atoms with Crippen molar-refractivity contribution in [1.29, 1.82) is 0 Å². The van der Waals surface area contributed by atoms with Crippen LogP contribution in [0, 0.1) is 5.82 Å². The van der Waals surface area contributed by atoms with Crippen molar-refractivity contribution in [3.63, 3.8) is 0 Å². The van der Waals surface area contributed by atoms with Gasteiger partial charge in [-0.15, -0.1) is 10.2 Å². The van der Waals surface area contributed by atoms with E-state index in [-0.39, 0.29) is 11.7 Å². The summed E-state index contributed by atoms with van der Waals surface area (Å²) < 4.78 is 30.0. The third kappa shape index (κ3) is 4.10. The fraction of sp³-hybridized carbons (Fsp3) is 0.458. The molecule has 0 N–H and O–H groups in total. The van der Waals surface area contributed by atoms with E-state index in [9.17, 15) is 8.78 Å². The molecule has 0 radical (unpaired) electrons. The van der Waals surface area contributed by atoms with E-state index in [1.807, 2.05) is 18.2 Å². The molecule has 9 heteroatoms. The topological polar surface area (TPSA) is 50.1 Å². The molecule has 4 heterocycles. The van der Waals surface area contributed by atoms with E-state index in [1.54, 1.807) is 6.07 Å². The van der Waals surface area contributed by atoms with Crippen molar-refractivity contribution in [2.75, 3.05) is 24.5 Å². The molecule has 0 atom stereocenters. The van der Waals surface area contributed by atoms with Gasteiger partial charge in [0.25, 0.3) is 0 Å². The molecule has 2 aliphatic heterocycles. The van der Waals surface area contributed by atoms with Crippen LogP contribution in [0.15, 0.2) is 36.5 Å². The molecule has 0 spiro atoms. The number of hydrogen-bond donors (Lipinski definition) is 0. The van der Waals surface area contributed by atoms with E-state index in [0.29, 0.717) is 37.5 Å². The second kappa shape index (κ2) is 8.02. The van der Waals surface area contributed by atoms with Gasteiger partial charge in [0.15, 0.2) is 5.82 Å². The van der Waals surface area contributed by atoms with Crippen molar-refractivity contribution >= 4 is 17.4 Å². The third-order valence-electron chi connectivity index (χ3n) is 6.99. The van der Waals surface area contributed by atoms with Gasteiger partial charge < -0.3 is 4.90 Å². The molecule has 0 amide bonds. The summed E-state index contributed by atoms with van der Waals surface area (Å²) in [6.45, 7) is 3.23. The van der Waals surface area contributed by atoms with Crippen LogP contribution in [0.5, 0.6) is 0 Å². The molecule has 6 rings (SSSR count). The summed E-state index contributed by atoms with van der Waals surface area (Å²) in [5.74, 6) is 2.51. The number of piperidine rings is 1. The average Bonchev–Trinajstić information content (AvgIpc) is 3.43. The highest BCUT2D eigenvalue weighted by atomic mass is 35.5. The quantitative estimate of drug-likeness (QED) is 0.555. The molecule has 6 nitrogen and oxygen atoms in total. The number of alkyl halides is 1. The summed E-state index contributed by atoms with van der Waals surface area (Å²) in [7, 11) is 0. The molecule has 1 saturated heterocycles. The van der Waals surface area contributed by atoms with Crippen LogP contribution in [-0.4, -0.2) is 50.0 Å². The monoisotopic (exact) mass is 470 g/mol. The zero-order valence-corrected chi connectivity index (χ0v) is 19.0. The van der Waals surface area contributed by atoms with Gasteiger partial charge in [0.2, 0.25) is 0 Å². The smallest absolute Gasteiger partial charge is 0.151 e. The first-order valence-electron chi connectivity index (χ1n) is 11.5. The number of hydrogen-bond acceptors (Lipinski definition) is 5. The second-order valence-corrected chi connectivity index (χ2v) is 9.91. The van der Waals surface area contributed by atoms with Crippen LogP contribution in [0.25, 0.3) is 5.69 Å². The Morgan fingerprint density at radius 1 is 1.06 bits per heavy atom. The van der Waals surface area contributed by atoms with E-state index in [2.05, 4.69) is 29.5 Å². The van der Waals surface area contributed by atoms with Crippen LogP contribution >= 0.6 is 11.6 Å². The van der Waals surface area contributed by atoms with E-state index >= 15 is 0 Å². The Hall–Kier alpha value is -2.58. The van der Waals surface area contributed by atoms with Crippen LogP contribution in [0.1, 0.15) is 48.8 Å². The summed E-state index contributed by atoms with van der Waals surface area (Å²) in [6.07, 6.45) is 4.32. The number of anilines is 1. The Morgan fingerprint density at radius 2 is 1.88 bits per heavy atom. The zero-order chi connectivity index (χ0) is 22.6. The first-order chi connectivity index (χ1) is 16.0. The molecule has 1 aliphatic carbocycles. The minimum absolute atomic E-state index is 0.244. The van der Waals surface area contributed by atoms with Crippen molar-refractivity contribution < 1.29 is 8.78 Å². The maximum absolute atomic E-state index is 14.6. The normalized spacial score (nSPS) is 20.3. The summed E-state index contributed by atoms with van der Waals surface area (Å²) >= 11 is 6.33. The molecule has 2 fully saturated rings. The molecule has 1 saturated carbocycles. The number of fused-ring (bicyclic) bond motifs is 3. The molecule has 172 valence electrons. The first-order valence-corrected chi connectivity index (χ1v) is 11.9. The summed E-state index contributed by atoms with van der Waals surface area (Å²) in [6, 6.07) is 9.07. The first kappa shape index (κ1) is 21.0. The zero-order valence-electron chi connectivity index (χ0n) is 18.2. The maximum atomic E-state index is 14.6. The van der Waals surface area contributed by atoms with Crippen LogP contribution in [0.4, 0.5) is 14.6 Å². The second-order valence-electron chi connectivity index (χ2n) is 9.47. The van der Waals surface area contributed by atoms with Crippen molar-refractivity contribution in [3.05, 3.63) is 64.6 Å². The van der Waals surface area contributed by atoms with E-state index < -0.39 is 5.67 Å². The predicted octanol–water partition coefficient (Wildman–Crippen LogP) is 4.66. The SMILES string of the molecule is Fc1ccc(N2CCC(c3nnc4n3-c3ccc(Cl)cc3CN(CC3(F)CC3)C4)CC2)nc1. The van der Waals surface area contributed by atoms with Gasteiger partial charge in [-0.1, -0.05) is 11.6 Å². The van der Waals surface area contributed by atoms with E-state index in [1.165, 1.54) is 12.3 Å². The average molecular weight is 471 g/mol. The predicted molar refractivity (Wildman–Crippen MR) is 122 cm³/mol. The van der Waals surface area contributed by atoms with E-state index in [0.717, 1.165) is 54.6 Å². The lowest BCUT2D eigenvalue weighted by Crippen LogP contribution is -2.34. The van der Waals surface area contributed by atoms with Gasteiger partial charge in [-0.05, 0) is 61.6 Å². The number of halogens is 3. The molecular weight excluding hydrogens is 446 g/mol. The van der Waals surface area contributed by atoms with Gasteiger partial charge >= 0.3 is 0 Å². The lowest BCUT2D eigenvalue weighted by atomic mass is 9.95. The summed E-state index contributed by atoms with van der Waals surface area (Å²) in [5.41, 5.74) is 1.03. The lowest BCUT2D eigenvalue weighted by molar-refractivity contribution is 0.162. The number of rotatable bonds is 4. The lowest BCUT2D eigenvalue weighted by Gasteiger charge is -2.32. The van der Waals surface area contributed by atoms with Crippen molar-refractivity contribution in [3.8, 4) is 5.69 Å². The molecule has 0 unspecified atom stereocenters. The molecule has 33 heavy (non-hydrogen) atoms. The number of benzene rings is 1. The number of nitrogens with zero attached hydrogens (tertiary/aromatic N) is 6. The third-order valence-corrected chi connectivity index (χ3v) is 7.23. The Balaban J connectivity index is 1.28. The number of aromatic nitrogens is 4. The Kier molecular flexibility index (Phi) is 5.10. The minimum Gasteiger partial charge on any atom is -0.357 e. The fourth-order valence-electron chi connectivity index (χ4n) is 5.08. The van der Waals surface area contributed by atoms with Gasteiger partial charge in [0, 0.05) is 37.1 Å². The van der Waals surface area contributed by atoms with Crippen LogP contribution in [-0.2, 0) is 13.1 Å². The van der Waals surface area contributed by atoms with E-state index in [4.69, 9.17) is 11.6 Å². The summed E-state index contributed by atoms with van der Waals surface area (Å²) in [4.78, 5) is 8.53. The molecule has 0 bridgehead atoms. The highest BCUT2D eigenvalue weighted by Crippen LogP contribution is 2.42. The highest BCUT2D eigenvalue weighted by Gasteiger charge is 2.45.